The summed E-state index contributed by atoms with van der Waals surface area (Å²) in [6, 6.07) is 7.44. The minimum atomic E-state index is -0.180. The first kappa shape index (κ1) is 14.8. The number of ether oxygens (including phenoxy) is 1. The van der Waals surface area contributed by atoms with Crippen LogP contribution in [-0.4, -0.2) is 33.8 Å². The van der Waals surface area contributed by atoms with Crippen molar-refractivity contribution < 1.29 is 9.53 Å². The molecular formula is C16H21N3O3. The number of aromatic nitrogens is 2. The quantitative estimate of drug-likeness (QED) is 0.917. The lowest BCUT2D eigenvalue weighted by molar-refractivity contribution is -0.123. The molecule has 3 rings (SSSR count). The van der Waals surface area contributed by atoms with E-state index in [9.17, 15) is 9.59 Å². The largest absolute Gasteiger partial charge is 0.376 e. The summed E-state index contributed by atoms with van der Waals surface area (Å²) in [7, 11) is 1.72. The maximum atomic E-state index is 12.3. The minimum Gasteiger partial charge on any atom is -0.376 e. The Morgan fingerprint density at radius 3 is 2.82 bits per heavy atom. The van der Waals surface area contributed by atoms with Gasteiger partial charge in [0.05, 0.1) is 23.2 Å². The lowest BCUT2D eigenvalue weighted by atomic mass is 10.1. The van der Waals surface area contributed by atoms with Gasteiger partial charge in [0.1, 0.15) is 6.54 Å². The minimum absolute atomic E-state index is 0.0250. The monoisotopic (exact) mass is 303 g/mol. The number of hydrogen-bond donors (Lipinski definition) is 1. The normalized spacial score (nSPS) is 19.5. The number of aryl methyl sites for hydroxylation is 1. The molecule has 0 aliphatic carbocycles. The highest BCUT2D eigenvalue weighted by Gasteiger charge is 2.24. The van der Waals surface area contributed by atoms with Crippen molar-refractivity contribution in [3.63, 3.8) is 0 Å². The Balaban J connectivity index is 1.77. The predicted octanol–water partition coefficient (Wildman–Crippen LogP) is 1.02. The molecule has 0 bridgehead atoms. The van der Waals surface area contributed by atoms with E-state index in [-0.39, 0.29) is 30.3 Å². The molecule has 1 saturated heterocycles. The summed E-state index contributed by atoms with van der Waals surface area (Å²) >= 11 is 0. The number of amides is 1. The van der Waals surface area contributed by atoms with E-state index in [1.54, 1.807) is 11.6 Å². The molecule has 2 aromatic rings. The first-order valence-corrected chi connectivity index (χ1v) is 7.63. The summed E-state index contributed by atoms with van der Waals surface area (Å²) in [6.45, 7) is 2.73. The van der Waals surface area contributed by atoms with E-state index in [0.29, 0.717) is 0 Å². The van der Waals surface area contributed by atoms with Crippen molar-refractivity contribution in [2.75, 3.05) is 6.61 Å². The van der Waals surface area contributed by atoms with Crippen molar-refractivity contribution in [2.24, 2.45) is 7.05 Å². The van der Waals surface area contributed by atoms with Gasteiger partial charge in [-0.05, 0) is 31.9 Å². The smallest absolute Gasteiger partial charge is 0.329 e. The highest BCUT2D eigenvalue weighted by Crippen LogP contribution is 2.15. The Kier molecular flexibility index (Phi) is 4.02. The van der Waals surface area contributed by atoms with Gasteiger partial charge in [0.15, 0.2) is 0 Å². The van der Waals surface area contributed by atoms with Crippen molar-refractivity contribution in [1.82, 2.24) is 14.5 Å². The van der Waals surface area contributed by atoms with Crippen LogP contribution in [0.1, 0.15) is 19.8 Å². The van der Waals surface area contributed by atoms with Crippen molar-refractivity contribution in [3.8, 4) is 0 Å². The maximum Gasteiger partial charge on any atom is 0.329 e. The zero-order valence-electron chi connectivity index (χ0n) is 12.9. The van der Waals surface area contributed by atoms with Crippen molar-refractivity contribution >= 4 is 16.9 Å². The van der Waals surface area contributed by atoms with Crippen LogP contribution >= 0.6 is 0 Å². The third-order valence-corrected chi connectivity index (χ3v) is 4.26. The third-order valence-electron chi connectivity index (χ3n) is 4.26. The molecule has 1 aliphatic heterocycles. The number of carbonyl (C=O) groups is 1. The second-order valence-corrected chi connectivity index (χ2v) is 5.82. The summed E-state index contributed by atoms with van der Waals surface area (Å²) in [5.41, 5.74) is 1.42. The molecule has 1 fully saturated rings. The predicted molar refractivity (Wildman–Crippen MR) is 83.8 cm³/mol. The third kappa shape index (κ3) is 2.66. The van der Waals surface area contributed by atoms with Gasteiger partial charge >= 0.3 is 5.69 Å². The van der Waals surface area contributed by atoms with E-state index in [1.165, 1.54) is 4.57 Å². The molecule has 1 aromatic heterocycles. The molecule has 1 amide bonds. The van der Waals surface area contributed by atoms with Gasteiger partial charge in [-0.25, -0.2) is 4.79 Å². The lowest BCUT2D eigenvalue weighted by Gasteiger charge is -2.20. The molecule has 0 radical (unpaired) electrons. The van der Waals surface area contributed by atoms with Gasteiger partial charge in [0.2, 0.25) is 5.91 Å². The first-order valence-electron chi connectivity index (χ1n) is 7.63. The summed E-state index contributed by atoms with van der Waals surface area (Å²) in [5.74, 6) is -0.165. The molecule has 22 heavy (non-hydrogen) atoms. The standard InChI is InChI=1S/C16H21N3O3/c1-11(14-8-5-9-22-14)17-15(20)10-19-13-7-4-3-6-12(13)18(2)16(19)21/h3-4,6-7,11,14H,5,8-10H2,1-2H3,(H,17,20)/t11-,14+/m0/s1. The molecule has 0 unspecified atom stereocenters. The Morgan fingerprint density at radius 1 is 1.41 bits per heavy atom. The highest BCUT2D eigenvalue weighted by atomic mass is 16.5. The fraction of sp³-hybridized carbons (Fsp3) is 0.500. The molecular weight excluding hydrogens is 282 g/mol. The molecule has 6 nitrogen and oxygen atoms in total. The molecule has 1 aliphatic rings. The van der Waals surface area contributed by atoms with Gasteiger partial charge in [-0.15, -0.1) is 0 Å². The van der Waals surface area contributed by atoms with Gasteiger partial charge in [-0.3, -0.25) is 13.9 Å². The summed E-state index contributed by atoms with van der Waals surface area (Å²) in [5, 5.41) is 2.94. The molecule has 1 N–H and O–H groups in total. The van der Waals surface area contributed by atoms with Gasteiger partial charge in [-0.2, -0.15) is 0 Å². The molecule has 0 saturated carbocycles. The van der Waals surface area contributed by atoms with Crippen molar-refractivity contribution in [2.45, 2.75) is 38.5 Å². The number of rotatable bonds is 4. The first-order chi connectivity index (χ1) is 10.6. The average molecular weight is 303 g/mol. The van der Waals surface area contributed by atoms with Crippen LogP contribution in [0.3, 0.4) is 0 Å². The van der Waals surface area contributed by atoms with E-state index in [1.807, 2.05) is 31.2 Å². The van der Waals surface area contributed by atoms with Gasteiger partial charge in [0, 0.05) is 13.7 Å². The summed E-state index contributed by atoms with van der Waals surface area (Å²) in [6.07, 6.45) is 2.08. The van der Waals surface area contributed by atoms with Crippen molar-refractivity contribution in [1.29, 1.82) is 0 Å². The number of nitrogens with one attached hydrogen (secondary N) is 1. The average Bonchev–Trinajstić information content (AvgIpc) is 3.12. The number of nitrogens with zero attached hydrogens (tertiary/aromatic N) is 2. The second-order valence-electron chi connectivity index (χ2n) is 5.82. The van der Waals surface area contributed by atoms with E-state index >= 15 is 0 Å². The van der Waals surface area contributed by atoms with E-state index in [0.717, 1.165) is 30.5 Å². The topological polar surface area (TPSA) is 65.3 Å². The molecule has 0 spiro atoms. The van der Waals surface area contributed by atoms with Crippen LogP contribution in [0.4, 0.5) is 0 Å². The zero-order chi connectivity index (χ0) is 15.7. The molecule has 118 valence electrons. The Morgan fingerprint density at radius 2 is 2.14 bits per heavy atom. The van der Waals surface area contributed by atoms with Gasteiger partial charge in [0.25, 0.3) is 0 Å². The number of imidazole rings is 1. The molecule has 1 aromatic carbocycles. The second kappa shape index (κ2) is 5.96. The number of benzene rings is 1. The number of fused-ring (bicyclic) bond motifs is 1. The van der Waals surface area contributed by atoms with Crippen molar-refractivity contribution in [3.05, 3.63) is 34.7 Å². The number of para-hydroxylation sites is 2. The Hall–Kier alpha value is -2.08. The van der Waals surface area contributed by atoms with E-state index in [4.69, 9.17) is 4.74 Å². The Labute approximate surface area is 128 Å². The van der Waals surface area contributed by atoms with Crippen LogP contribution in [-0.2, 0) is 23.1 Å². The Bertz CT molecular complexity index is 741. The zero-order valence-corrected chi connectivity index (χ0v) is 12.9. The van der Waals surface area contributed by atoms with Crippen LogP contribution < -0.4 is 11.0 Å². The number of hydrogen-bond acceptors (Lipinski definition) is 3. The maximum absolute atomic E-state index is 12.3. The van der Waals surface area contributed by atoms with Gasteiger partial charge < -0.3 is 10.1 Å². The van der Waals surface area contributed by atoms with Crippen LogP contribution in [0.15, 0.2) is 29.1 Å². The van der Waals surface area contributed by atoms with Crippen LogP contribution in [0.5, 0.6) is 0 Å². The fourth-order valence-electron chi connectivity index (χ4n) is 3.05. The van der Waals surface area contributed by atoms with E-state index in [2.05, 4.69) is 5.32 Å². The number of carbonyl (C=O) groups excluding carboxylic acids is 1. The fourth-order valence-corrected chi connectivity index (χ4v) is 3.05. The van der Waals surface area contributed by atoms with E-state index < -0.39 is 0 Å². The van der Waals surface area contributed by atoms with Gasteiger partial charge in [-0.1, -0.05) is 12.1 Å². The SMILES string of the molecule is C[C@H](NC(=O)Cn1c(=O)n(C)c2ccccc21)[C@H]1CCCO1. The van der Waals surface area contributed by atoms with Crippen LogP contribution in [0.2, 0.25) is 0 Å². The molecule has 2 atom stereocenters. The van der Waals surface area contributed by atoms with Crippen LogP contribution in [0.25, 0.3) is 11.0 Å². The molecule has 6 heteroatoms. The lowest BCUT2D eigenvalue weighted by Crippen LogP contribution is -2.43. The van der Waals surface area contributed by atoms with Crippen LogP contribution in [0, 0.1) is 0 Å². The molecule has 2 heterocycles. The summed E-state index contributed by atoms with van der Waals surface area (Å²) < 4.78 is 8.64. The summed E-state index contributed by atoms with van der Waals surface area (Å²) in [4.78, 5) is 24.5. The highest BCUT2D eigenvalue weighted by molar-refractivity contribution is 5.81.